The lowest BCUT2D eigenvalue weighted by atomic mass is 9.77. The lowest BCUT2D eigenvalue weighted by Gasteiger charge is -2.41. The van der Waals surface area contributed by atoms with Crippen LogP contribution in [-0.4, -0.2) is 42.1 Å². The second-order valence-corrected chi connectivity index (χ2v) is 7.41. The molecule has 7 heteroatoms. The van der Waals surface area contributed by atoms with Gasteiger partial charge in [-0.1, -0.05) is 6.07 Å². The highest BCUT2D eigenvalue weighted by Crippen LogP contribution is 2.44. The van der Waals surface area contributed by atoms with Gasteiger partial charge in [0.05, 0.1) is 5.69 Å². The molecule has 4 rings (SSSR count). The van der Waals surface area contributed by atoms with Crippen molar-refractivity contribution in [1.29, 1.82) is 5.26 Å². The first-order valence-corrected chi connectivity index (χ1v) is 8.95. The lowest BCUT2D eigenvalue weighted by Crippen LogP contribution is -2.46. The molecule has 1 spiro atoms. The van der Waals surface area contributed by atoms with Crippen molar-refractivity contribution in [1.82, 2.24) is 15.0 Å². The largest absolute Gasteiger partial charge is 0.356 e. The first kappa shape index (κ1) is 16.6. The predicted molar refractivity (Wildman–Crippen MR) is 99.6 cm³/mol. The highest BCUT2D eigenvalue weighted by Gasteiger charge is 2.45. The number of fused-ring (bicyclic) bond motifs is 2. The Morgan fingerprint density at radius 2 is 2.15 bits per heavy atom. The number of nitriles is 1. The third-order valence-electron chi connectivity index (χ3n) is 5.53. The van der Waals surface area contributed by atoms with E-state index in [0.717, 1.165) is 55.8 Å². The fraction of sp³-hybridized carbons (Fsp3) is 0.474. The molecular weight excluding hydrogens is 328 g/mol. The summed E-state index contributed by atoms with van der Waals surface area (Å²) >= 11 is 0. The molecule has 1 N–H and O–H groups in total. The second kappa shape index (κ2) is 6.13. The first-order chi connectivity index (χ1) is 12.5. The summed E-state index contributed by atoms with van der Waals surface area (Å²) < 4.78 is 0. The van der Waals surface area contributed by atoms with Crippen molar-refractivity contribution >= 4 is 11.8 Å². The van der Waals surface area contributed by atoms with E-state index < -0.39 is 0 Å². The summed E-state index contributed by atoms with van der Waals surface area (Å²) in [6.45, 7) is 1.69. The zero-order chi connectivity index (χ0) is 18.3. The molecule has 1 saturated heterocycles. The van der Waals surface area contributed by atoms with Gasteiger partial charge in [-0.15, -0.1) is 0 Å². The van der Waals surface area contributed by atoms with Crippen molar-refractivity contribution < 1.29 is 0 Å². The molecule has 1 unspecified atom stereocenters. The minimum atomic E-state index is -0.114. The number of hydrogen-bond acceptors (Lipinski definition) is 6. The zero-order valence-corrected chi connectivity index (χ0v) is 15.1. The fourth-order valence-corrected chi connectivity index (χ4v) is 4.24. The maximum Gasteiger partial charge on any atom is 0.255 e. The monoisotopic (exact) mass is 350 g/mol. The van der Waals surface area contributed by atoms with E-state index in [0.29, 0.717) is 11.6 Å². The minimum absolute atomic E-state index is 0.0164. The number of aromatic nitrogens is 3. The number of nitrogens with zero attached hydrogens (tertiary/aromatic N) is 5. The molecule has 0 bridgehead atoms. The van der Waals surface area contributed by atoms with Gasteiger partial charge in [-0.3, -0.25) is 9.78 Å². The van der Waals surface area contributed by atoms with Crippen LogP contribution in [0.5, 0.6) is 0 Å². The van der Waals surface area contributed by atoms with Crippen molar-refractivity contribution in [3.63, 3.8) is 0 Å². The number of rotatable bonds is 2. The summed E-state index contributed by atoms with van der Waals surface area (Å²) in [6, 6.07) is 7.65. The van der Waals surface area contributed by atoms with Gasteiger partial charge in [0.1, 0.15) is 17.6 Å². The van der Waals surface area contributed by atoms with Crippen molar-refractivity contribution in [2.24, 2.45) is 0 Å². The highest BCUT2D eigenvalue weighted by molar-refractivity contribution is 5.46. The Labute approximate surface area is 152 Å². The fourth-order valence-electron chi connectivity index (χ4n) is 4.24. The zero-order valence-electron chi connectivity index (χ0n) is 15.1. The number of hydrogen-bond donors (Lipinski definition) is 1. The van der Waals surface area contributed by atoms with Crippen molar-refractivity contribution in [2.45, 2.75) is 31.1 Å². The molecule has 0 amide bonds. The molecule has 3 heterocycles. The average molecular weight is 350 g/mol. The molecule has 1 fully saturated rings. The summed E-state index contributed by atoms with van der Waals surface area (Å²) in [7, 11) is 3.77. The predicted octanol–water partition coefficient (Wildman–Crippen LogP) is 1.59. The van der Waals surface area contributed by atoms with Crippen LogP contribution in [0.2, 0.25) is 0 Å². The maximum atomic E-state index is 12.5. The Morgan fingerprint density at radius 1 is 1.31 bits per heavy atom. The number of anilines is 2. The van der Waals surface area contributed by atoms with Gasteiger partial charge in [0.2, 0.25) is 5.95 Å². The summed E-state index contributed by atoms with van der Waals surface area (Å²) in [6.07, 6.45) is 3.75. The van der Waals surface area contributed by atoms with Crippen LogP contribution in [0.1, 0.15) is 36.2 Å². The molecule has 0 radical (unpaired) electrons. The molecule has 1 aliphatic carbocycles. The summed E-state index contributed by atoms with van der Waals surface area (Å²) in [5.74, 6) is 1.44. The molecule has 2 aromatic heterocycles. The highest BCUT2D eigenvalue weighted by atomic mass is 16.1. The molecule has 7 nitrogen and oxygen atoms in total. The standard InChI is InChI=1S/C19H22N6O/c1-24(2)18-22-16-14(17(26)23-18)7-9-19(16)8-4-10-25(12-19)15-6-3-5-13(11-20)21-15/h3,5-6H,4,7-10,12H2,1-2H3,(H,22,23,26). The molecule has 1 atom stereocenters. The third-order valence-corrected chi connectivity index (χ3v) is 5.53. The molecular formula is C19H22N6O. The van der Waals surface area contributed by atoms with Crippen LogP contribution in [0.3, 0.4) is 0 Å². The Balaban J connectivity index is 1.73. The molecule has 2 aromatic rings. The van der Waals surface area contributed by atoms with Gasteiger partial charge in [0, 0.05) is 38.2 Å². The first-order valence-electron chi connectivity index (χ1n) is 8.95. The molecule has 1 aliphatic heterocycles. The third kappa shape index (κ3) is 2.62. The SMILES string of the molecule is CN(C)c1nc2c(c(=O)[nH]1)CCC21CCCN(c2cccc(C#N)n2)C1. The van der Waals surface area contributed by atoms with Crippen molar-refractivity contribution in [2.75, 3.05) is 37.0 Å². The van der Waals surface area contributed by atoms with Crippen molar-refractivity contribution in [3.8, 4) is 6.07 Å². The van der Waals surface area contributed by atoms with Crippen LogP contribution >= 0.6 is 0 Å². The number of aromatic amines is 1. The van der Waals surface area contributed by atoms with Crippen LogP contribution in [0.15, 0.2) is 23.0 Å². The summed E-state index contributed by atoms with van der Waals surface area (Å²) in [5.41, 5.74) is 2.08. The minimum Gasteiger partial charge on any atom is -0.356 e. The lowest BCUT2D eigenvalue weighted by molar-refractivity contribution is 0.333. The maximum absolute atomic E-state index is 12.5. The topological polar surface area (TPSA) is 88.9 Å². The van der Waals surface area contributed by atoms with Crippen LogP contribution in [0.4, 0.5) is 11.8 Å². The Morgan fingerprint density at radius 3 is 2.92 bits per heavy atom. The summed E-state index contributed by atoms with van der Waals surface area (Å²) in [5, 5.41) is 9.12. The van der Waals surface area contributed by atoms with E-state index in [1.807, 2.05) is 31.1 Å². The van der Waals surface area contributed by atoms with Gasteiger partial charge in [-0.25, -0.2) is 9.97 Å². The van der Waals surface area contributed by atoms with E-state index >= 15 is 0 Å². The molecule has 26 heavy (non-hydrogen) atoms. The van der Waals surface area contributed by atoms with E-state index in [9.17, 15) is 4.79 Å². The van der Waals surface area contributed by atoms with Crippen LogP contribution in [-0.2, 0) is 11.8 Å². The quantitative estimate of drug-likeness (QED) is 0.885. The van der Waals surface area contributed by atoms with E-state index in [2.05, 4.69) is 20.9 Å². The van der Waals surface area contributed by atoms with Gasteiger partial charge in [-0.2, -0.15) is 5.26 Å². The number of pyridine rings is 1. The van der Waals surface area contributed by atoms with Crippen molar-refractivity contribution in [3.05, 3.63) is 45.5 Å². The van der Waals surface area contributed by atoms with E-state index in [1.165, 1.54) is 0 Å². The van der Waals surface area contributed by atoms with Gasteiger partial charge < -0.3 is 9.80 Å². The van der Waals surface area contributed by atoms with Gasteiger partial charge >= 0.3 is 0 Å². The number of nitrogens with one attached hydrogen (secondary N) is 1. The van der Waals surface area contributed by atoms with Gasteiger partial charge in [0.15, 0.2) is 0 Å². The van der Waals surface area contributed by atoms with E-state index in [-0.39, 0.29) is 11.0 Å². The number of piperidine rings is 1. The molecule has 134 valence electrons. The normalized spacial score (nSPS) is 21.5. The Bertz CT molecular complexity index is 944. The molecule has 0 aromatic carbocycles. The summed E-state index contributed by atoms with van der Waals surface area (Å²) in [4.78, 5) is 28.8. The van der Waals surface area contributed by atoms with Crippen LogP contribution in [0, 0.1) is 11.3 Å². The molecule has 2 aliphatic rings. The van der Waals surface area contributed by atoms with Gasteiger partial charge in [-0.05, 0) is 37.8 Å². The van der Waals surface area contributed by atoms with Crippen LogP contribution in [0.25, 0.3) is 0 Å². The molecule has 0 saturated carbocycles. The Kier molecular flexibility index (Phi) is 3.91. The van der Waals surface area contributed by atoms with Gasteiger partial charge in [0.25, 0.3) is 5.56 Å². The van der Waals surface area contributed by atoms with Crippen LogP contribution < -0.4 is 15.4 Å². The number of H-pyrrole nitrogens is 1. The smallest absolute Gasteiger partial charge is 0.255 e. The average Bonchev–Trinajstić information content (AvgIpc) is 3.00. The van der Waals surface area contributed by atoms with E-state index in [1.54, 1.807) is 6.07 Å². The Hall–Kier alpha value is -2.88. The van der Waals surface area contributed by atoms with E-state index in [4.69, 9.17) is 10.2 Å². The second-order valence-electron chi connectivity index (χ2n) is 7.41.